The molecule has 8 heteroatoms. The van der Waals surface area contributed by atoms with Gasteiger partial charge in [0, 0.05) is 0 Å². The zero-order chi connectivity index (χ0) is 13.2. The van der Waals surface area contributed by atoms with Gasteiger partial charge in [-0.25, -0.2) is 4.68 Å². The molecular weight excluding hydrogens is 266 g/mol. The van der Waals surface area contributed by atoms with Gasteiger partial charge in [-0.3, -0.25) is 0 Å². The van der Waals surface area contributed by atoms with Crippen molar-refractivity contribution in [3.05, 3.63) is 35.2 Å². The van der Waals surface area contributed by atoms with E-state index in [9.17, 15) is 5.11 Å². The molecule has 98 valence electrons. The molecule has 1 unspecified atom stereocenters. The first-order valence-electron chi connectivity index (χ1n) is 5.67. The second-order valence-corrected chi connectivity index (χ2v) is 4.96. The highest BCUT2D eigenvalue weighted by Gasteiger charge is 2.12. The van der Waals surface area contributed by atoms with Crippen LogP contribution in [-0.2, 0) is 6.54 Å². The first-order valence-corrected chi connectivity index (χ1v) is 6.55. The molecule has 0 radical (unpaired) electrons. The fourth-order valence-electron chi connectivity index (χ4n) is 1.55. The highest BCUT2D eigenvalue weighted by atomic mass is 32.1. The maximum Gasteiger partial charge on any atom is 0.268 e. The van der Waals surface area contributed by atoms with Crippen LogP contribution >= 0.6 is 11.3 Å². The van der Waals surface area contributed by atoms with E-state index in [1.165, 1.54) is 11.3 Å². The number of hydrogen-bond acceptors (Lipinski definition) is 7. The maximum absolute atomic E-state index is 9.37. The van der Waals surface area contributed by atoms with Crippen molar-refractivity contribution in [2.75, 3.05) is 0 Å². The number of aliphatic hydroxyl groups is 1. The zero-order valence-electron chi connectivity index (χ0n) is 10.1. The third-order valence-corrected chi connectivity index (χ3v) is 3.35. The Kier molecular flexibility index (Phi) is 3.10. The molecule has 3 aromatic rings. The Morgan fingerprint density at radius 2 is 2.42 bits per heavy atom. The average Bonchev–Trinajstić information content (AvgIpc) is 3.09. The van der Waals surface area contributed by atoms with Gasteiger partial charge in [-0.1, -0.05) is 16.4 Å². The summed E-state index contributed by atoms with van der Waals surface area (Å²) >= 11 is 1.54. The van der Waals surface area contributed by atoms with Gasteiger partial charge in [0.05, 0.1) is 17.2 Å². The predicted molar refractivity (Wildman–Crippen MR) is 67.4 cm³/mol. The van der Waals surface area contributed by atoms with Crippen molar-refractivity contribution in [2.24, 2.45) is 0 Å². The van der Waals surface area contributed by atoms with Gasteiger partial charge in [0.15, 0.2) is 5.82 Å². The van der Waals surface area contributed by atoms with Crippen LogP contribution in [0, 0.1) is 0 Å². The summed E-state index contributed by atoms with van der Waals surface area (Å²) in [5.74, 6) is 1.02. The summed E-state index contributed by atoms with van der Waals surface area (Å²) in [6.45, 7) is 1.99. The number of nitrogens with zero attached hydrogens (tertiary/aromatic N) is 5. The topological polar surface area (TPSA) is 89.9 Å². The number of thiophene rings is 1. The largest absolute Gasteiger partial charge is 0.387 e. The van der Waals surface area contributed by atoms with Crippen molar-refractivity contribution in [1.82, 2.24) is 25.1 Å². The van der Waals surface area contributed by atoms with E-state index in [2.05, 4.69) is 20.5 Å². The van der Waals surface area contributed by atoms with Crippen molar-refractivity contribution in [1.29, 1.82) is 0 Å². The second-order valence-electron chi connectivity index (χ2n) is 4.01. The highest BCUT2D eigenvalue weighted by molar-refractivity contribution is 7.13. The smallest absolute Gasteiger partial charge is 0.268 e. The lowest BCUT2D eigenvalue weighted by atomic mass is 10.3. The molecule has 7 nitrogen and oxygen atoms in total. The molecule has 0 spiro atoms. The molecule has 0 aliphatic carbocycles. The van der Waals surface area contributed by atoms with Crippen LogP contribution in [-0.4, -0.2) is 30.2 Å². The molecule has 3 rings (SSSR count). The molecule has 0 aliphatic rings. The van der Waals surface area contributed by atoms with Crippen LogP contribution in [0.1, 0.15) is 24.5 Å². The normalized spacial score (nSPS) is 12.7. The molecule has 19 heavy (non-hydrogen) atoms. The molecule has 0 amide bonds. The lowest BCUT2D eigenvalue weighted by Gasteiger charge is -1.95. The summed E-state index contributed by atoms with van der Waals surface area (Å²) in [5, 5.41) is 22.9. The molecule has 0 saturated heterocycles. The standard InChI is InChI=1S/C11H11N5O2S/c1-7(17)8-5-16(15-13-8)6-10-12-11(18-14-10)9-3-2-4-19-9/h2-5,7,17H,6H2,1H3. The van der Waals surface area contributed by atoms with Crippen LogP contribution in [0.3, 0.4) is 0 Å². The van der Waals surface area contributed by atoms with E-state index in [4.69, 9.17) is 4.52 Å². The van der Waals surface area contributed by atoms with Gasteiger partial charge in [-0.2, -0.15) is 4.98 Å². The Morgan fingerprint density at radius 3 is 3.11 bits per heavy atom. The third-order valence-electron chi connectivity index (χ3n) is 2.49. The Balaban J connectivity index is 1.76. The number of rotatable bonds is 4. The maximum atomic E-state index is 9.37. The number of hydrogen-bond donors (Lipinski definition) is 1. The summed E-state index contributed by atoms with van der Waals surface area (Å²) in [6.07, 6.45) is 1.02. The Bertz CT molecular complexity index is 658. The lowest BCUT2D eigenvalue weighted by Crippen LogP contribution is -2.02. The molecule has 3 aromatic heterocycles. The van der Waals surface area contributed by atoms with Gasteiger partial charge in [0.25, 0.3) is 5.89 Å². The number of aliphatic hydroxyl groups excluding tert-OH is 1. The summed E-state index contributed by atoms with van der Waals surface area (Å²) in [7, 11) is 0. The Labute approximate surface area is 112 Å². The molecule has 1 N–H and O–H groups in total. The van der Waals surface area contributed by atoms with Crippen LogP contribution in [0.15, 0.2) is 28.2 Å². The first kappa shape index (κ1) is 12.0. The van der Waals surface area contributed by atoms with E-state index in [1.54, 1.807) is 17.8 Å². The van der Waals surface area contributed by atoms with Crippen LogP contribution in [0.5, 0.6) is 0 Å². The van der Waals surface area contributed by atoms with Crippen molar-refractivity contribution >= 4 is 11.3 Å². The van der Waals surface area contributed by atoms with Crippen LogP contribution in [0.2, 0.25) is 0 Å². The van der Waals surface area contributed by atoms with Gasteiger partial charge < -0.3 is 9.63 Å². The molecule has 1 atom stereocenters. The molecule has 0 aliphatic heterocycles. The second kappa shape index (κ2) is 4.90. The van der Waals surface area contributed by atoms with Gasteiger partial charge >= 0.3 is 0 Å². The lowest BCUT2D eigenvalue weighted by molar-refractivity contribution is 0.194. The molecule has 0 saturated carbocycles. The van der Waals surface area contributed by atoms with E-state index < -0.39 is 6.10 Å². The predicted octanol–water partition coefficient (Wildman–Crippen LogP) is 1.49. The monoisotopic (exact) mass is 277 g/mol. The molecule has 3 heterocycles. The third kappa shape index (κ3) is 2.54. The minimum absolute atomic E-state index is 0.356. The Hall–Kier alpha value is -2.06. The van der Waals surface area contributed by atoms with Crippen LogP contribution in [0.25, 0.3) is 10.8 Å². The summed E-state index contributed by atoms with van der Waals surface area (Å²) < 4.78 is 6.73. The van der Waals surface area contributed by atoms with E-state index in [-0.39, 0.29) is 0 Å². The van der Waals surface area contributed by atoms with Crippen LogP contribution in [0.4, 0.5) is 0 Å². The Morgan fingerprint density at radius 1 is 1.53 bits per heavy atom. The van der Waals surface area contributed by atoms with E-state index in [0.29, 0.717) is 24.0 Å². The van der Waals surface area contributed by atoms with Crippen molar-refractivity contribution < 1.29 is 9.63 Å². The minimum Gasteiger partial charge on any atom is -0.387 e. The molecule has 0 aromatic carbocycles. The van der Waals surface area contributed by atoms with Crippen molar-refractivity contribution in [2.45, 2.75) is 19.6 Å². The zero-order valence-corrected chi connectivity index (χ0v) is 10.9. The van der Waals surface area contributed by atoms with Gasteiger partial charge in [-0.05, 0) is 18.4 Å². The van der Waals surface area contributed by atoms with Crippen molar-refractivity contribution in [3.8, 4) is 10.8 Å². The highest BCUT2D eigenvalue weighted by Crippen LogP contribution is 2.22. The number of aromatic nitrogens is 5. The fraction of sp³-hybridized carbons (Fsp3) is 0.273. The molecule has 0 fully saturated rings. The average molecular weight is 277 g/mol. The molecule has 0 bridgehead atoms. The van der Waals surface area contributed by atoms with E-state index >= 15 is 0 Å². The summed E-state index contributed by atoms with van der Waals surface area (Å²) in [5.41, 5.74) is 0.516. The van der Waals surface area contributed by atoms with Gasteiger partial charge in [0.1, 0.15) is 12.2 Å². The van der Waals surface area contributed by atoms with Crippen molar-refractivity contribution in [3.63, 3.8) is 0 Å². The van der Waals surface area contributed by atoms with Gasteiger partial charge in [-0.15, -0.1) is 16.4 Å². The molecular formula is C11H11N5O2S. The fourth-order valence-corrected chi connectivity index (χ4v) is 2.19. The minimum atomic E-state index is -0.638. The SMILES string of the molecule is CC(O)c1cn(Cc2noc(-c3cccs3)n2)nn1. The summed E-state index contributed by atoms with van der Waals surface area (Å²) in [4.78, 5) is 5.22. The van der Waals surface area contributed by atoms with Crippen LogP contribution < -0.4 is 0 Å². The quantitative estimate of drug-likeness (QED) is 0.777. The first-order chi connectivity index (χ1) is 9.22. The summed E-state index contributed by atoms with van der Waals surface area (Å²) in [6, 6.07) is 3.85. The van der Waals surface area contributed by atoms with E-state index in [0.717, 1.165) is 4.88 Å². The van der Waals surface area contributed by atoms with Gasteiger partial charge in [0.2, 0.25) is 0 Å². The van der Waals surface area contributed by atoms with E-state index in [1.807, 2.05) is 17.5 Å².